The van der Waals surface area contributed by atoms with Gasteiger partial charge in [0, 0.05) is 0 Å². The van der Waals surface area contributed by atoms with E-state index in [1.807, 2.05) is 0 Å². The molecule has 0 saturated carbocycles. The number of halogens is 2. The Labute approximate surface area is 465 Å². The van der Waals surface area contributed by atoms with Gasteiger partial charge >= 0.3 is 83.7 Å². The quantitative estimate of drug-likeness (QED) is 0.122. The Balaban J connectivity index is 0.000000164. The van der Waals surface area contributed by atoms with E-state index < -0.39 is 0 Å². The van der Waals surface area contributed by atoms with E-state index in [0.29, 0.717) is 23.7 Å². The predicted molar refractivity (Wildman–Crippen MR) is 288 cm³/mol. The van der Waals surface area contributed by atoms with Crippen molar-refractivity contribution in [2.24, 2.45) is 0 Å². The molecule has 0 aromatic heterocycles. The van der Waals surface area contributed by atoms with Gasteiger partial charge in [0.2, 0.25) is 0 Å². The summed E-state index contributed by atoms with van der Waals surface area (Å²) < 4.78 is 0. The first kappa shape index (κ1) is 58.0. The molecule has 4 atom stereocenters. The summed E-state index contributed by atoms with van der Waals surface area (Å²) in [4.78, 5) is 0. The van der Waals surface area contributed by atoms with Crippen LogP contribution in [-0.2, 0) is 72.4 Å². The monoisotopic (exact) mass is 1150 g/mol. The van der Waals surface area contributed by atoms with Gasteiger partial charge in [0.15, 0.2) is 0 Å². The standard InChI is InChI=1S/4C15H15.2C2H6Si.2ClH.2Zr/c4*1-2-6-12(7-3-1)14-10-4-8-13-9-5-11-15(13)14;2*1-3-2;;;;/h4*1-3,5-7,9,11,14H,4,8,10H2;2*1-2H3;2*1H;;/q4*-1;;;;;2*+2/p-2. The molecule has 0 N–H and O–H groups in total. The maximum absolute atomic E-state index is 2.31. The summed E-state index contributed by atoms with van der Waals surface area (Å²) in [5, 5.41) is 0. The van der Waals surface area contributed by atoms with Crippen molar-refractivity contribution in [3.63, 3.8) is 0 Å². The zero-order chi connectivity index (χ0) is 47.5. The Morgan fingerprint density at radius 1 is 0.329 bits per heavy atom. The molecule has 0 fully saturated rings. The van der Waals surface area contributed by atoms with Gasteiger partial charge < -0.3 is 24.8 Å². The first-order valence-corrected chi connectivity index (χ1v) is 37.8. The van der Waals surface area contributed by atoms with Crippen LogP contribution in [0.1, 0.15) is 142 Å². The van der Waals surface area contributed by atoms with Crippen molar-refractivity contribution in [1.82, 2.24) is 0 Å². The SMILES string of the molecule is C[Si](C)=[Zr+2].C[Si](C)=[Zr+2].[Cl-].[Cl-].c1ccc(C2CCCc3[cH-]ccc32)cc1.c1ccc(C2CCCc3[cH-]ccc32)cc1.c1ccc(C2CCCc3[cH-]ccc32)cc1.c1ccc(C2CCCc3[cH-]ccc32)cc1. The fourth-order valence-corrected chi connectivity index (χ4v) is 10.9. The van der Waals surface area contributed by atoms with Gasteiger partial charge in [0.05, 0.1) is 0 Å². The average molecular weight is 1150 g/mol. The molecule has 0 heterocycles. The molecule has 12 rings (SSSR count). The van der Waals surface area contributed by atoms with Gasteiger partial charge in [-0.25, -0.2) is 24.3 Å². The molecule has 0 radical (unpaired) electrons. The summed E-state index contributed by atoms with van der Waals surface area (Å²) in [6, 6.07) is 70.7. The minimum atomic E-state index is 0. The van der Waals surface area contributed by atoms with Gasteiger partial charge in [-0.3, -0.25) is 0 Å². The third-order valence-corrected chi connectivity index (χ3v) is 13.8. The minimum absolute atomic E-state index is 0. The van der Waals surface area contributed by atoms with Crippen molar-refractivity contribution in [2.75, 3.05) is 0 Å². The number of rotatable bonds is 4. The van der Waals surface area contributed by atoms with Crippen LogP contribution in [0.3, 0.4) is 0 Å². The van der Waals surface area contributed by atoms with E-state index in [-0.39, 0.29) is 35.7 Å². The van der Waals surface area contributed by atoms with Crippen LogP contribution in [0.2, 0.25) is 26.2 Å². The van der Waals surface area contributed by atoms with Crippen LogP contribution in [0.15, 0.2) is 194 Å². The molecule has 8 aromatic rings. The van der Waals surface area contributed by atoms with Gasteiger partial charge in [0.1, 0.15) is 0 Å². The molecular weight excluding hydrogens is 1080 g/mol. The van der Waals surface area contributed by atoms with Gasteiger partial charge in [0.25, 0.3) is 0 Å². The fraction of sp³-hybridized carbons (Fsp3) is 0.312. The maximum Gasteiger partial charge on any atom is -0.0461 e. The van der Waals surface area contributed by atoms with Crippen LogP contribution in [-0.4, -0.2) is 10.9 Å². The molecule has 4 aliphatic carbocycles. The third kappa shape index (κ3) is 17.1. The fourth-order valence-electron chi connectivity index (χ4n) is 10.9. The van der Waals surface area contributed by atoms with E-state index in [1.165, 1.54) is 99.3 Å². The zero-order valence-electron chi connectivity index (χ0n) is 42.0. The largest absolute Gasteiger partial charge is 1.00 e. The summed E-state index contributed by atoms with van der Waals surface area (Å²) >= 11 is 3.48. The van der Waals surface area contributed by atoms with Crippen LogP contribution in [0.25, 0.3) is 0 Å². The molecule has 360 valence electrons. The molecule has 0 spiro atoms. The third-order valence-electron chi connectivity index (χ3n) is 13.8. The van der Waals surface area contributed by atoms with E-state index in [0.717, 1.165) is 0 Å². The smallest absolute Gasteiger partial charge is 0.0461 e. The van der Waals surface area contributed by atoms with Gasteiger partial charge in [-0.15, -0.1) is 0 Å². The van der Waals surface area contributed by atoms with Crippen molar-refractivity contribution in [3.8, 4) is 0 Å². The Morgan fingerprint density at radius 2 is 0.514 bits per heavy atom. The summed E-state index contributed by atoms with van der Waals surface area (Å²) in [5.74, 6) is 2.57. The van der Waals surface area contributed by atoms with E-state index in [4.69, 9.17) is 0 Å². The molecule has 0 bridgehead atoms. The Morgan fingerprint density at radius 3 is 0.700 bits per heavy atom. The molecule has 70 heavy (non-hydrogen) atoms. The van der Waals surface area contributed by atoms with Gasteiger partial charge in [-0.1, -0.05) is 221 Å². The summed E-state index contributed by atoms with van der Waals surface area (Å²) in [6.45, 7) is 9.23. The van der Waals surface area contributed by atoms with Crippen LogP contribution in [0.5, 0.6) is 0 Å². The first-order chi connectivity index (χ1) is 33.3. The van der Waals surface area contributed by atoms with E-state index >= 15 is 0 Å². The maximum atomic E-state index is 2.31. The second kappa shape index (κ2) is 30.9. The summed E-state index contributed by atoms with van der Waals surface area (Å²) in [5.41, 5.74) is 18.8. The van der Waals surface area contributed by atoms with Crippen LogP contribution < -0.4 is 24.8 Å². The normalized spacial score (nSPS) is 17.8. The molecule has 0 aliphatic heterocycles. The van der Waals surface area contributed by atoms with Crippen molar-refractivity contribution in [2.45, 2.75) is 127 Å². The molecule has 0 saturated heterocycles. The number of hydrogen-bond acceptors (Lipinski definition) is 0. The average Bonchev–Trinajstić information content (AvgIpc) is 4.23. The van der Waals surface area contributed by atoms with Crippen LogP contribution >= 0.6 is 0 Å². The number of fused-ring (bicyclic) bond motifs is 4. The summed E-state index contributed by atoms with van der Waals surface area (Å²) in [6.07, 6.45) is 15.6. The second-order valence-corrected chi connectivity index (χ2v) is 38.2. The first-order valence-electron chi connectivity index (χ1n) is 25.5. The molecule has 6 heteroatoms. The van der Waals surface area contributed by atoms with E-state index in [1.54, 1.807) is 91.2 Å². The van der Waals surface area contributed by atoms with Crippen molar-refractivity contribution >= 4 is 10.9 Å². The minimum Gasteiger partial charge on any atom is -1.00 e. The number of benzene rings is 4. The molecule has 8 aromatic carbocycles. The predicted octanol–water partition coefficient (Wildman–Crippen LogP) is 11.1. The number of hydrogen-bond donors (Lipinski definition) is 0. The molecular formula is C64H72Cl2Si2Zr2-2. The molecule has 4 aliphatic rings. The van der Waals surface area contributed by atoms with Crippen molar-refractivity contribution in [3.05, 3.63) is 261 Å². The number of aryl methyl sites for hydroxylation is 4. The summed E-state index contributed by atoms with van der Waals surface area (Å²) in [7, 11) is 0. The van der Waals surface area contributed by atoms with Crippen molar-refractivity contribution < 1.29 is 71.5 Å². The van der Waals surface area contributed by atoms with Crippen molar-refractivity contribution in [1.29, 1.82) is 0 Å². The van der Waals surface area contributed by atoms with E-state index in [9.17, 15) is 0 Å². The van der Waals surface area contributed by atoms with Gasteiger partial charge in [-0.05, 0) is 23.7 Å². The Kier molecular flexibility index (Phi) is 25.6. The van der Waals surface area contributed by atoms with Gasteiger partial charge in [-0.2, -0.15) is 93.0 Å². The Hall–Kier alpha value is -2.94. The van der Waals surface area contributed by atoms with Crippen LogP contribution in [0.4, 0.5) is 0 Å². The molecule has 4 unspecified atom stereocenters. The van der Waals surface area contributed by atoms with E-state index in [2.05, 4.69) is 220 Å². The molecule has 0 nitrogen and oxygen atoms in total. The Bertz CT molecular complexity index is 2320. The van der Waals surface area contributed by atoms with Crippen LogP contribution in [0, 0.1) is 0 Å². The zero-order valence-corrected chi connectivity index (χ0v) is 50.5. The topological polar surface area (TPSA) is 0 Å². The second-order valence-electron chi connectivity index (χ2n) is 19.4. The molecule has 0 amide bonds.